The molecular weight excluding hydrogens is 889 g/mol. The van der Waals surface area contributed by atoms with Gasteiger partial charge in [-0.1, -0.05) is 41.5 Å². The van der Waals surface area contributed by atoms with Crippen LogP contribution in [0.5, 0.6) is 0 Å². The predicted octanol–water partition coefficient (Wildman–Crippen LogP) is 5.89. The van der Waals surface area contributed by atoms with E-state index in [1.807, 2.05) is 0 Å². The van der Waals surface area contributed by atoms with Gasteiger partial charge in [-0.2, -0.15) is 25.3 Å². The number of thiol groups is 2. The highest BCUT2D eigenvalue weighted by Crippen LogP contribution is 2.31. The molecule has 0 unspecified atom stereocenters. The highest BCUT2D eigenvalue weighted by Gasteiger charge is 2.37. The van der Waals surface area contributed by atoms with Crippen molar-refractivity contribution >= 4 is 101 Å². The summed E-state index contributed by atoms with van der Waals surface area (Å²) < 4.78 is 40.8. The molecule has 0 spiro atoms. The summed E-state index contributed by atoms with van der Waals surface area (Å²) in [7, 11) is 0. The number of Topliss-reactive ketones (excluding diaryl/α,β-unsaturated/α-hetero) is 2. The number of ketones is 2. The smallest absolute Gasteiger partial charge is 0.457 e. The average molecular weight is 945 g/mol. The fourth-order valence-corrected chi connectivity index (χ4v) is 5.77. The molecule has 0 aromatic carbocycles. The maximum Gasteiger partial charge on any atom is 0.519 e. The van der Waals surface area contributed by atoms with Crippen LogP contribution in [0.1, 0.15) is 93.6 Å². The summed E-state index contributed by atoms with van der Waals surface area (Å²) in [6.45, 7) is 15.4. The van der Waals surface area contributed by atoms with Crippen molar-refractivity contribution in [1.29, 1.82) is 0 Å². The van der Waals surface area contributed by atoms with Gasteiger partial charge in [0.15, 0.2) is 18.1 Å². The number of rotatable bonds is 23. The third-order valence-electron chi connectivity index (χ3n) is 7.74. The van der Waals surface area contributed by atoms with E-state index in [-0.39, 0.29) is 60.2 Å². The Morgan fingerprint density at radius 2 is 0.869 bits per heavy atom. The van der Waals surface area contributed by atoms with E-state index in [1.165, 1.54) is 34.6 Å². The van der Waals surface area contributed by atoms with Gasteiger partial charge in [0.1, 0.15) is 11.6 Å². The normalized spacial score (nSPS) is 12.3. The zero-order valence-electron chi connectivity index (χ0n) is 36.0. The third kappa shape index (κ3) is 22.6. The van der Waals surface area contributed by atoms with Crippen LogP contribution < -0.4 is 5.82 Å². The van der Waals surface area contributed by atoms with Crippen LogP contribution in [0.4, 0.5) is 9.59 Å². The van der Waals surface area contributed by atoms with E-state index >= 15 is 0 Å². The molecule has 0 radical (unpaired) electrons. The summed E-state index contributed by atoms with van der Waals surface area (Å²) in [5, 5.41) is -1.60. The second-order valence-electron chi connectivity index (χ2n) is 14.7. The first-order valence-electron chi connectivity index (χ1n) is 18.6. The Morgan fingerprint density at radius 1 is 0.541 bits per heavy atom. The molecule has 0 N–H and O–H groups in total. The van der Waals surface area contributed by atoms with Gasteiger partial charge in [0.05, 0.1) is 39.1 Å². The SMILES string of the molecule is CC(C)C(=O)OCOC(=O)SC(C)(C)C(=O)C[C@@H](CS)C(=O)OCOC(=O)C(C)C.Cc1oc(=O)oc1COC(=O)[C@H](CS)CC(=O)C(C)(C)SC(=O)OCOC(=O)C(C)C. The van der Waals surface area contributed by atoms with Gasteiger partial charge in [-0.25, -0.2) is 14.4 Å². The molecule has 1 rings (SSSR count). The van der Waals surface area contributed by atoms with Crippen LogP contribution in [-0.2, 0) is 73.3 Å². The highest BCUT2D eigenvalue weighted by atomic mass is 32.2. The molecule has 1 aromatic heterocycles. The standard InChI is InChI=1S/C19H26O10S2.C19H30O9S2/c1-10(2)15(21)26-9-27-18(24)31-19(4,5)14(20)6-12(8-30)16(22)25-7-13-11(3)28-17(23)29-13;1-11(2)15(21)25-9-27-17(23)13(8-29)7-14(20)19(5,6)30-18(24)28-10-26-16(22)12(3)4/h10,12,30H,6-9H2,1-5H3;11-13,29H,7-10H2,1-6H3/t12-;13-/m00/s1. The number of aryl methyl sites for hydroxylation is 1. The van der Waals surface area contributed by atoms with Gasteiger partial charge in [-0.15, -0.1) is 0 Å². The molecule has 23 heteroatoms. The number of carbonyl (C=O) groups is 9. The van der Waals surface area contributed by atoms with Gasteiger partial charge >= 0.3 is 46.3 Å². The quantitative estimate of drug-likeness (QED) is 0.0560. The van der Waals surface area contributed by atoms with Gasteiger partial charge < -0.3 is 42.0 Å². The number of esters is 5. The van der Waals surface area contributed by atoms with E-state index in [9.17, 15) is 47.9 Å². The molecule has 0 amide bonds. The summed E-state index contributed by atoms with van der Waals surface area (Å²) in [4.78, 5) is 119. The van der Waals surface area contributed by atoms with Crippen molar-refractivity contribution in [3.63, 3.8) is 0 Å². The monoisotopic (exact) mass is 944 g/mol. The van der Waals surface area contributed by atoms with Crippen LogP contribution >= 0.6 is 48.8 Å². The third-order valence-corrected chi connectivity index (χ3v) is 10.7. The average Bonchev–Trinajstić information content (AvgIpc) is 3.49. The van der Waals surface area contributed by atoms with Gasteiger partial charge in [-0.3, -0.25) is 33.6 Å². The molecule has 0 saturated heterocycles. The number of carbonyl (C=O) groups excluding carboxylic acids is 9. The molecule has 19 nitrogen and oxygen atoms in total. The molecule has 2 atom stereocenters. The Labute approximate surface area is 373 Å². The lowest BCUT2D eigenvalue weighted by Crippen LogP contribution is -2.34. The summed E-state index contributed by atoms with van der Waals surface area (Å²) >= 11 is 9.37. The summed E-state index contributed by atoms with van der Waals surface area (Å²) in [5.41, 5.74) is 0. The molecule has 346 valence electrons. The lowest BCUT2D eigenvalue weighted by atomic mass is 9.97. The van der Waals surface area contributed by atoms with Crippen molar-refractivity contribution in [3.05, 3.63) is 22.1 Å². The molecule has 1 aromatic rings. The van der Waals surface area contributed by atoms with Crippen LogP contribution in [-0.4, -0.2) is 93.4 Å². The largest absolute Gasteiger partial charge is 0.519 e. The Hall–Kier alpha value is -3.96. The molecule has 0 aliphatic heterocycles. The Balaban J connectivity index is 0.00000118. The second-order valence-corrected chi connectivity index (χ2v) is 18.6. The highest BCUT2D eigenvalue weighted by molar-refractivity contribution is 8.15. The lowest BCUT2D eigenvalue weighted by Gasteiger charge is -2.23. The number of hydrogen-bond acceptors (Lipinski definition) is 23. The minimum absolute atomic E-state index is 0.0231. The van der Waals surface area contributed by atoms with Gasteiger partial charge in [0, 0.05) is 24.3 Å². The van der Waals surface area contributed by atoms with E-state index in [2.05, 4.69) is 29.7 Å². The summed E-state index contributed by atoms with van der Waals surface area (Å²) in [6.07, 6.45) is -0.456. The van der Waals surface area contributed by atoms with Gasteiger partial charge in [0.2, 0.25) is 20.4 Å². The predicted molar refractivity (Wildman–Crippen MR) is 225 cm³/mol. The first-order chi connectivity index (χ1) is 28.2. The van der Waals surface area contributed by atoms with Crippen molar-refractivity contribution in [2.24, 2.45) is 29.6 Å². The van der Waals surface area contributed by atoms with E-state index in [1.54, 1.807) is 41.5 Å². The first-order valence-corrected chi connectivity index (χ1v) is 21.5. The zero-order chi connectivity index (χ0) is 47.2. The number of hydrogen-bond donors (Lipinski definition) is 2. The first kappa shape index (κ1) is 57.0. The van der Waals surface area contributed by atoms with E-state index in [4.69, 9.17) is 37.6 Å². The minimum Gasteiger partial charge on any atom is -0.457 e. The van der Waals surface area contributed by atoms with Crippen LogP contribution in [0.2, 0.25) is 0 Å². The molecule has 61 heavy (non-hydrogen) atoms. The topological polar surface area (TPSA) is 262 Å². The Morgan fingerprint density at radius 3 is 1.18 bits per heavy atom. The number of thioether (sulfide) groups is 2. The lowest BCUT2D eigenvalue weighted by molar-refractivity contribution is -0.172. The zero-order valence-corrected chi connectivity index (χ0v) is 39.4. The fourth-order valence-electron chi connectivity index (χ4n) is 3.77. The van der Waals surface area contributed by atoms with Gasteiger partial charge in [0.25, 0.3) is 0 Å². The molecule has 0 aliphatic rings. The van der Waals surface area contributed by atoms with Crippen LogP contribution in [0.15, 0.2) is 13.6 Å². The van der Waals surface area contributed by atoms with Crippen LogP contribution in [0.25, 0.3) is 0 Å². The van der Waals surface area contributed by atoms with E-state index in [0.717, 1.165) is 0 Å². The van der Waals surface area contributed by atoms with Crippen molar-refractivity contribution in [2.75, 3.05) is 31.9 Å². The van der Waals surface area contributed by atoms with Crippen molar-refractivity contribution in [1.82, 2.24) is 0 Å². The molecule has 0 fully saturated rings. The van der Waals surface area contributed by atoms with E-state index < -0.39 is 99.5 Å². The second kappa shape index (κ2) is 27.9. The van der Waals surface area contributed by atoms with Crippen LogP contribution in [0, 0.1) is 36.5 Å². The van der Waals surface area contributed by atoms with Crippen molar-refractivity contribution in [2.45, 2.75) is 105 Å². The molecule has 0 saturated carbocycles. The van der Waals surface area contributed by atoms with Gasteiger partial charge in [-0.05, 0) is 58.1 Å². The van der Waals surface area contributed by atoms with Crippen molar-refractivity contribution in [3.8, 4) is 0 Å². The van der Waals surface area contributed by atoms with Crippen molar-refractivity contribution < 1.29 is 85.1 Å². The van der Waals surface area contributed by atoms with Crippen LogP contribution in [0.3, 0.4) is 0 Å². The molecule has 0 aliphatic carbocycles. The molecule has 0 bridgehead atoms. The minimum atomic E-state index is -1.21. The number of ether oxygens (including phenoxy) is 7. The molecular formula is C38H56O19S4. The maximum absolute atomic E-state index is 12.6. The Kier molecular flexibility index (Phi) is 26.1. The van der Waals surface area contributed by atoms with E-state index in [0.29, 0.717) is 23.5 Å². The Bertz CT molecular complexity index is 1730. The molecule has 1 heterocycles. The fraction of sp³-hybridized carbons (Fsp3) is 0.684. The maximum atomic E-state index is 12.6. The summed E-state index contributed by atoms with van der Waals surface area (Å²) in [5.74, 6) is -7.26. The summed E-state index contributed by atoms with van der Waals surface area (Å²) in [6, 6.07) is 0.